The Morgan fingerprint density at radius 1 is 1.70 bits per heavy atom. The van der Waals surface area contributed by atoms with Gasteiger partial charge in [0.2, 0.25) is 0 Å². The highest BCUT2D eigenvalue weighted by Gasteiger charge is 2.24. The van der Waals surface area contributed by atoms with E-state index in [0.717, 1.165) is 6.54 Å². The molecule has 3 nitrogen and oxygen atoms in total. The van der Waals surface area contributed by atoms with Gasteiger partial charge in [0.15, 0.2) is 0 Å². The van der Waals surface area contributed by atoms with Crippen molar-refractivity contribution in [1.29, 1.82) is 0 Å². The van der Waals surface area contributed by atoms with E-state index >= 15 is 0 Å². The first kappa shape index (κ1) is 7.98. The van der Waals surface area contributed by atoms with Crippen LogP contribution in [-0.2, 0) is 4.84 Å². The Balaban J connectivity index is 2.29. The summed E-state index contributed by atoms with van der Waals surface area (Å²) in [5.74, 6) is 5.71. The molecule has 0 bridgehead atoms. The molecule has 0 aromatic carbocycles. The number of hydrogen-bond acceptors (Lipinski definition) is 3. The van der Waals surface area contributed by atoms with Crippen LogP contribution in [0.3, 0.4) is 0 Å². The van der Waals surface area contributed by atoms with Crippen LogP contribution in [0.2, 0.25) is 0 Å². The first-order chi connectivity index (χ1) is 4.74. The summed E-state index contributed by atoms with van der Waals surface area (Å²) in [4.78, 5) is 7.06. The van der Waals surface area contributed by atoms with Gasteiger partial charge in [0, 0.05) is 12.5 Å². The topological polar surface area (TPSA) is 38.5 Å². The predicted molar refractivity (Wildman–Crippen MR) is 40.3 cm³/mol. The molecule has 0 amide bonds. The van der Waals surface area contributed by atoms with Gasteiger partial charge in [-0.1, -0.05) is 0 Å². The fourth-order valence-electron chi connectivity index (χ4n) is 1.46. The van der Waals surface area contributed by atoms with E-state index in [2.05, 4.69) is 11.9 Å². The molecule has 10 heavy (non-hydrogen) atoms. The first-order valence-electron chi connectivity index (χ1n) is 3.78. The third kappa shape index (κ3) is 1.68. The van der Waals surface area contributed by atoms with Crippen molar-refractivity contribution in [3.63, 3.8) is 0 Å². The molecule has 3 heteroatoms. The van der Waals surface area contributed by atoms with E-state index in [9.17, 15) is 0 Å². The van der Waals surface area contributed by atoms with Crippen LogP contribution < -0.4 is 5.90 Å². The maximum absolute atomic E-state index is 5.08. The highest BCUT2D eigenvalue weighted by Crippen LogP contribution is 2.18. The summed E-state index contributed by atoms with van der Waals surface area (Å²) in [5, 5.41) is 0. The Bertz CT molecular complexity index is 108. The molecule has 0 aromatic rings. The smallest absolute Gasteiger partial charge is 0.0800 e. The molecule has 1 heterocycles. The molecular formula is C7H16N2O. The Morgan fingerprint density at radius 3 is 2.80 bits per heavy atom. The van der Waals surface area contributed by atoms with E-state index in [1.54, 1.807) is 0 Å². The van der Waals surface area contributed by atoms with Crippen molar-refractivity contribution < 1.29 is 4.84 Å². The summed E-state index contributed by atoms with van der Waals surface area (Å²) in [6, 6.07) is 0. The van der Waals surface area contributed by atoms with Crippen molar-refractivity contribution >= 4 is 0 Å². The highest BCUT2D eigenvalue weighted by molar-refractivity contribution is 4.76. The van der Waals surface area contributed by atoms with Gasteiger partial charge in [-0.25, -0.2) is 5.90 Å². The average Bonchev–Trinajstić information content (AvgIpc) is 2.34. The lowest BCUT2D eigenvalue weighted by Crippen LogP contribution is -2.26. The SMILES string of the molecule is CC(ON)C1CCN(C)C1. The van der Waals surface area contributed by atoms with Crippen LogP contribution in [0.4, 0.5) is 0 Å². The van der Waals surface area contributed by atoms with Gasteiger partial charge < -0.3 is 9.74 Å². The Labute approximate surface area is 62.1 Å². The van der Waals surface area contributed by atoms with Gasteiger partial charge in [-0.3, -0.25) is 0 Å². The van der Waals surface area contributed by atoms with Crippen molar-refractivity contribution in [3.8, 4) is 0 Å². The normalized spacial score (nSPS) is 30.9. The minimum atomic E-state index is 0.213. The van der Waals surface area contributed by atoms with Crippen LogP contribution in [0, 0.1) is 5.92 Å². The zero-order valence-corrected chi connectivity index (χ0v) is 6.71. The number of hydrogen-bond donors (Lipinski definition) is 1. The Morgan fingerprint density at radius 2 is 2.40 bits per heavy atom. The van der Waals surface area contributed by atoms with E-state index in [-0.39, 0.29) is 6.10 Å². The van der Waals surface area contributed by atoms with Crippen LogP contribution in [-0.4, -0.2) is 31.1 Å². The molecule has 1 aliphatic rings. The lowest BCUT2D eigenvalue weighted by Gasteiger charge is -2.15. The fourth-order valence-corrected chi connectivity index (χ4v) is 1.46. The van der Waals surface area contributed by atoms with Gasteiger partial charge in [0.1, 0.15) is 0 Å². The molecule has 0 saturated carbocycles. The zero-order chi connectivity index (χ0) is 7.56. The third-order valence-electron chi connectivity index (χ3n) is 2.31. The van der Waals surface area contributed by atoms with Gasteiger partial charge in [0.05, 0.1) is 6.10 Å². The second kappa shape index (κ2) is 3.32. The zero-order valence-electron chi connectivity index (χ0n) is 6.71. The van der Waals surface area contributed by atoms with Crippen molar-refractivity contribution in [2.45, 2.75) is 19.4 Å². The third-order valence-corrected chi connectivity index (χ3v) is 2.31. The van der Waals surface area contributed by atoms with E-state index in [0.29, 0.717) is 5.92 Å². The van der Waals surface area contributed by atoms with E-state index in [4.69, 9.17) is 10.7 Å². The minimum absolute atomic E-state index is 0.213. The molecule has 2 unspecified atom stereocenters. The number of rotatable bonds is 2. The standard InChI is InChI=1S/C7H16N2O/c1-6(10-8)7-3-4-9(2)5-7/h6-7H,3-5,8H2,1-2H3. The van der Waals surface area contributed by atoms with E-state index < -0.39 is 0 Å². The molecule has 0 aliphatic carbocycles. The first-order valence-corrected chi connectivity index (χ1v) is 3.78. The second-order valence-corrected chi connectivity index (χ2v) is 3.15. The van der Waals surface area contributed by atoms with E-state index in [1.807, 2.05) is 6.92 Å². The van der Waals surface area contributed by atoms with Crippen molar-refractivity contribution in [2.24, 2.45) is 11.8 Å². The minimum Gasteiger partial charge on any atom is -0.306 e. The van der Waals surface area contributed by atoms with Gasteiger partial charge >= 0.3 is 0 Å². The summed E-state index contributed by atoms with van der Waals surface area (Å²) in [7, 11) is 2.13. The molecule has 1 fully saturated rings. The lowest BCUT2D eigenvalue weighted by molar-refractivity contribution is 0.0276. The molecule has 0 aromatic heterocycles. The molecule has 1 aliphatic heterocycles. The van der Waals surface area contributed by atoms with Crippen LogP contribution in [0.5, 0.6) is 0 Å². The Hall–Kier alpha value is -0.120. The van der Waals surface area contributed by atoms with Crippen molar-refractivity contribution in [2.75, 3.05) is 20.1 Å². The highest BCUT2D eigenvalue weighted by atomic mass is 16.6. The predicted octanol–water partition coefficient (Wildman–Crippen LogP) is 0.217. The van der Waals surface area contributed by atoms with E-state index in [1.165, 1.54) is 13.0 Å². The summed E-state index contributed by atoms with van der Waals surface area (Å²) in [6.45, 7) is 4.33. The van der Waals surface area contributed by atoms with Gasteiger partial charge in [-0.05, 0) is 26.9 Å². The second-order valence-electron chi connectivity index (χ2n) is 3.15. The molecule has 0 spiro atoms. The summed E-state index contributed by atoms with van der Waals surface area (Å²) in [5.41, 5.74) is 0. The maximum Gasteiger partial charge on any atom is 0.0800 e. The molecule has 1 saturated heterocycles. The summed E-state index contributed by atoms with van der Waals surface area (Å²) < 4.78 is 0. The van der Waals surface area contributed by atoms with Crippen LogP contribution in [0.25, 0.3) is 0 Å². The van der Waals surface area contributed by atoms with Gasteiger partial charge in [-0.15, -0.1) is 0 Å². The molecule has 60 valence electrons. The summed E-state index contributed by atoms with van der Waals surface area (Å²) in [6.07, 6.45) is 1.43. The average molecular weight is 144 g/mol. The maximum atomic E-state index is 5.08. The Kier molecular flexibility index (Phi) is 2.65. The van der Waals surface area contributed by atoms with Crippen LogP contribution in [0.15, 0.2) is 0 Å². The van der Waals surface area contributed by atoms with Gasteiger partial charge in [-0.2, -0.15) is 0 Å². The van der Waals surface area contributed by atoms with Crippen LogP contribution in [0.1, 0.15) is 13.3 Å². The monoisotopic (exact) mass is 144 g/mol. The largest absolute Gasteiger partial charge is 0.306 e. The molecule has 1 rings (SSSR count). The van der Waals surface area contributed by atoms with Crippen LogP contribution >= 0.6 is 0 Å². The molecule has 0 radical (unpaired) electrons. The molecule has 2 atom stereocenters. The van der Waals surface area contributed by atoms with Crippen molar-refractivity contribution in [1.82, 2.24) is 4.90 Å². The summed E-state index contributed by atoms with van der Waals surface area (Å²) >= 11 is 0. The number of likely N-dealkylation sites (tertiary alicyclic amines) is 1. The van der Waals surface area contributed by atoms with Gasteiger partial charge in [0.25, 0.3) is 0 Å². The number of nitrogens with zero attached hydrogens (tertiary/aromatic N) is 1. The quantitative estimate of drug-likeness (QED) is 0.563. The fraction of sp³-hybridized carbons (Fsp3) is 1.00. The van der Waals surface area contributed by atoms with Crippen molar-refractivity contribution in [3.05, 3.63) is 0 Å². The molecule has 2 N–H and O–H groups in total. The molecular weight excluding hydrogens is 128 g/mol. The lowest BCUT2D eigenvalue weighted by atomic mass is 10.0. The number of nitrogens with two attached hydrogens (primary N) is 1.